The number of nitrogens with one attached hydrogen (secondary N) is 2. The fraction of sp³-hybridized carbons (Fsp3) is 0.647. The molecule has 1 unspecified atom stereocenters. The maximum Gasteiger partial charge on any atom is 0.259 e. The topological polar surface area (TPSA) is 67.0 Å². The summed E-state index contributed by atoms with van der Waals surface area (Å²) in [4.78, 5) is 21.8. The van der Waals surface area contributed by atoms with Crippen molar-refractivity contribution in [1.82, 2.24) is 15.3 Å². The standard InChI is InChI=1S/C17H25N3O2S/c1-9-10(2)23-15-13(9)14(21)19-12(20-15)8-18-11-7-16(3,4)22-17(11,5)6/h11,18H,7-8H2,1-6H3,(H,19,20,21). The van der Waals surface area contributed by atoms with E-state index in [2.05, 4.69) is 43.0 Å². The zero-order chi connectivity index (χ0) is 17.0. The molecule has 3 heterocycles. The zero-order valence-corrected chi connectivity index (χ0v) is 15.5. The SMILES string of the molecule is Cc1sc2nc(CNC3CC(C)(C)OC3(C)C)[nH]c(=O)c2c1C. The van der Waals surface area contributed by atoms with Gasteiger partial charge in [0.1, 0.15) is 10.7 Å². The fourth-order valence-corrected chi connectivity index (χ4v) is 4.53. The van der Waals surface area contributed by atoms with Gasteiger partial charge in [-0.05, 0) is 53.5 Å². The van der Waals surface area contributed by atoms with E-state index < -0.39 is 0 Å². The Morgan fingerprint density at radius 3 is 2.65 bits per heavy atom. The van der Waals surface area contributed by atoms with Crippen LogP contribution in [0.15, 0.2) is 4.79 Å². The maximum absolute atomic E-state index is 12.3. The summed E-state index contributed by atoms with van der Waals surface area (Å²) in [6.07, 6.45) is 0.934. The first-order chi connectivity index (χ1) is 10.6. The number of nitrogens with zero attached hydrogens (tertiary/aromatic N) is 1. The van der Waals surface area contributed by atoms with Crippen molar-refractivity contribution in [3.8, 4) is 0 Å². The van der Waals surface area contributed by atoms with Crippen LogP contribution in [-0.4, -0.2) is 27.2 Å². The molecule has 2 aromatic rings. The van der Waals surface area contributed by atoms with Gasteiger partial charge in [0.05, 0.1) is 23.1 Å². The van der Waals surface area contributed by atoms with Crippen molar-refractivity contribution in [2.75, 3.05) is 0 Å². The lowest BCUT2D eigenvalue weighted by atomic mass is 9.94. The van der Waals surface area contributed by atoms with Gasteiger partial charge in [0, 0.05) is 10.9 Å². The first kappa shape index (κ1) is 16.6. The molecule has 0 spiro atoms. The molecule has 3 rings (SSSR count). The van der Waals surface area contributed by atoms with E-state index in [-0.39, 0.29) is 22.8 Å². The van der Waals surface area contributed by atoms with E-state index >= 15 is 0 Å². The van der Waals surface area contributed by atoms with E-state index in [4.69, 9.17) is 4.74 Å². The highest BCUT2D eigenvalue weighted by Gasteiger charge is 2.45. The molecule has 0 saturated carbocycles. The molecule has 1 aliphatic rings. The Balaban J connectivity index is 1.82. The lowest BCUT2D eigenvalue weighted by molar-refractivity contribution is -0.0699. The number of aryl methyl sites for hydroxylation is 2. The largest absolute Gasteiger partial charge is 0.368 e. The Labute approximate surface area is 140 Å². The predicted molar refractivity (Wildman–Crippen MR) is 94.2 cm³/mol. The smallest absolute Gasteiger partial charge is 0.259 e. The van der Waals surface area contributed by atoms with E-state index in [0.717, 1.165) is 27.1 Å². The monoisotopic (exact) mass is 335 g/mol. The molecule has 2 N–H and O–H groups in total. The fourth-order valence-electron chi connectivity index (χ4n) is 3.48. The van der Waals surface area contributed by atoms with Crippen LogP contribution in [0.5, 0.6) is 0 Å². The predicted octanol–water partition coefficient (Wildman–Crippen LogP) is 3.04. The van der Waals surface area contributed by atoms with Gasteiger partial charge in [0.15, 0.2) is 0 Å². The second-order valence-corrected chi connectivity index (χ2v) is 8.78. The molecule has 0 aromatic carbocycles. The molecule has 0 aliphatic carbocycles. The van der Waals surface area contributed by atoms with Gasteiger partial charge >= 0.3 is 0 Å². The molecular weight excluding hydrogens is 310 g/mol. The highest BCUT2D eigenvalue weighted by molar-refractivity contribution is 7.18. The molecule has 126 valence electrons. The average molecular weight is 335 g/mol. The minimum absolute atomic E-state index is 0.0455. The lowest BCUT2D eigenvalue weighted by Gasteiger charge is -2.27. The third-order valence-electron chi connectivity index (χ3n) is 4.68. The Bertz CT molecular complexity index is 804. The van der Waals surface area contributed by atoms with E-state index in [1.807, 2.05) is 13.8 Å². The molecular formula is C17H25N3O2S. The maximum atomic E-state index is 12.3. The van der Waals surface area contributed by atoms with E-state index in [9.17, 15) is 4.79 Å². The van der Waals surface area contributed by atoms with Crippen LogP contribution in [0.4, 0.5) is 0 Å². The summed E-state index contributed by atoms with van der Waals surface area (Å²) in [5.41, 5.74) is 0.624. The number of H-pyrrole nitrogens is 1. The van der Waals surface area contributed by atoms with Crippen LogP contribution in [0, 0.1) is 13.8 Å². The first-order valence-electron chi connectivity index (χ1n) is 8.01. The van der Waals surface area contributed by atoms with E-state index in [1.165, 1.54) is 0 Å². The Morgan fingerprint density at radius 1 is 1.35 bits per heavy atom. The summed E-state index contributed by atoms with van der Waals surface area (Å²) >= 11 is 1.58. The van der Waals surface area contributed by atoms with Crippen LogP contribution in [0.2, 0.25) is 0 Å². The van der Waals surface area contributed by atoms with Crippen molar-refractivity contribution < 1.29 is 4.74 Å². The highest BCUT2D eigenvalue weighted by atomic mass is 32.1. The molecule has 0 radical (unpaired) electrons. The quantitative estimate of drug-likeness (QED) is 0.905. The molecule has 1 atom stereocenters. The zero-order valence-electron chi connectivity index (χ0n) is 14.7. The van der Waals surface area contributed by atoms with Crippen molar-refractivity contribution in [1.29, 1.82) is 0 Å². The summed E-state index contributed by atoms with van der Waals surface area (Å²) in [6, 6.07) is 0.227. The van der Waals surface area contributed by atoms with Gasteiger partial charge in [-0.15, -0.1) is 11.3 Å². The summed E-state index contributed by atoms with van der Waals surface area (Å²) in [6.45, 7) is 13.0. The Morgan fingerprint density at radius 2 is 2.04 bits per heavy atom. The molecule has 5 nitrogen and oxygen atoms in total. The van der Waals surface area contributed by atoms with Crippen LogP contribution in [0.1, 0.15) is 50.4 Å². The molecule has 2 aromatic heterocycles. The lowest BCUT2D eigenvalue weighted by Crippen LogP contribution is -2.43. The van der Waals surface area contributed by atoms with Crippen LogP contribution in [-0.2, 0) is 11.3 Å². The average Bonchev–Trinajstić information content (AvgIpc) is 2.80. The second-order valence-electron chi connectivity index (χ2n) is 7.58. The normalized spacial score (nSPS) is 22.8. The first-order valence-corrected chi connectivity index (χ1v) is 8.83. The van der Waals surface area contributed by atoms with Gasteiger partial charge in [-0.25, -0.2) is 4.98 Å². The summed E-state index contributed by atoms with van der Waals surface area (Å²) < 4.78 is 6.10. The number of fused-ring (bicyclic) bond motifs is 1. The van der Waals surface area contributed by atoms with Crippen molar-refractivity contribution >= 4 is 21.6 Å². The Kier molecular flexibility index (Phi) is 3.90. The number of aromatic nitrogens is 2. The van der Waals surface area contributed by atoms with Crippen LogP contribution >= 0.6 is 11.3 Å². The van der Waals surface area contributed by atoms with Crippen molar-refractivity contribution in [3.63, 3.8) is 0 Å². The van der Waals surface area contributed by atoms with Gasteiger partial charge in [-0.2, -0.15) is 0 Å². The van der Waals surface area contributed by atoms with Crippen LogP contribution in [0.25, 0.3) is 10.2 Å². The van der Waals surface area contributed by atoms with E-state index in [0.29, 0.717) is 12.4 Å². The molecule has 1 saturated heterocycles. The number of rotatable bonds is 3. The number of hydrogen-bond donors (Lipinski definition) is 2. The number of ether oxygens (including phenoxy) is 1. The minimum Gasteiger partial charge on any atom is -0.368 e. The number of thiophene rings is 1. The van der Waals surface area contributed by atoms with Gasteiger partial charge in [0.25, 0.3) is 5.56 Å². The Hall–Kier alpha value is -1.24. The highest BCUT2D eigenvalue weighted by Crippen LogP contribution is 2.37. The molecule has 0 bridgehead atoms. The minimum atomic E-state index is -0.232. The van der Waals surface area contributed by atoms with Gasteiger partial charge in [0.2, 0.25) is 0 Å². The van der Waals surface area contributed by atoms with Crippen molar-refractivity contribution in [3.05, 3.63) is 26.6 Å². The number of aromatic amines is 1. The van der Waals surface area contributed by atoms with Gasteiger partial charge in [-0.1, -0.05) is 0 Å². The van der Waals surface area contributed by atoms with Gasteiger partial charge in [-0.3, -0.25) is 4.79 Å². The molecule has 6 heteroatoms. The third-order valence-corrected chi connectivity index (χ3v) is 5.78. The van der Waals surface area contributed by atoms with Crippen molar-refractivity contribution in [2.45, 2.75) is 71.8 Å². The van der Waals surface area contributed by atoms with Crippen LogP contribution in [0.3, 0.4) is 0 Å². The summed E-state index contributed by atoms with van der Waals surface area (Å²) in [7, 11) is 0. The van der Waals surface area contributed by atoms with Crippen molar-refractivity contribution in [2.24, 2.45) is 0 Å². The third kappa shape index (κ3) is 3.07. The molecule has 0 amide bonds. The molecule has 23 heavy (non-hydrogen) atoms. The molecule has 1 fully saturated rings. The second kappa shape index (κ2) is 5.40. The van der Waals surface area contributed by atoms with E-state index in [1.54, 1.807) is 11.3 Å². The molecule has 1 aliphatic heterocycles. The number of hydrogen-bond acceptors (Lipinski definition) is 5. The summed E-state index contributed by atoms with van der Waals surface area (Å²) in [5.74, 6) is 0.684. The van der Waals surface area contributed by atoms with Crippen LogP contribution < -0.4 is 10.9 Å². The van der Waals surface area contributed by atoms with Gasteiger partial charge < -0.3 is 15.0 Å². The summed E-state index contributed by atoms with van der Waals surface area (Å²) in [5, 5.41) is 4.23.